The molecule has 0 bridgehead atoms. The van der Waals surface area contributed by atoms with Gasteiger partial charge in [0.15, 0.2) is 11.6 Å². The minimum Gasteiger partial charge on any atom is -0.324 e. The molecule has 0 aliphatic rings. The van der Waals surface area contributed by atoms with E-state index in [1.54, 1.807) is 6.92 Å². The van der Waals surface area contributed by atoms with Crippen LogP contribution in [0, 0.1) is 17.5 Å². The molecular formula is C9H10F3N. The summed E-state index contributed by atoms with van der Waals surface area (Å²) in [5.41, 5.74) is 5.05. The van der Waals surface area contributed by atoms with Crippen molar-refractivity contribution < 1.29 is 13.2 Å². The SMILES string of the molecule is CC[C@H](N)c1c(F)ccc(F)c1F. The molecule has 1 aromatic carbocycles. The molecule has 0 aliphatic heterocycles. The van der Waals surface area contributed by atoms with Gasteiger partial charge in [0, 0.05) is 11.6 Å². The van der Waals surface area contributed by atoms with E-state index in [4.69, 9.17) is 5.73 Å². The first kappa shape index (κ1) is 10.1. The molecule has 0 heterocycles. The molecule has 0 aromatic heterocycles. The average molecular weight is 189 g/mol. The lowest BCUT2D eigenvalue weighted by Gasteiger charge is -2.11. The Balaban J connectivity index is 3.25. The Morgan fingerprint density at radius 2 is 1.77 bits per heavy atom. The van der Waals surface area contributed by atoms with Crippen LogP contribution in [-0.2, 0) is 0 Å². The molecule has 0 saturated carbocycles. The summed E-state index contributed by atoms with van der Waals surface area (Å²) in [5, 5.41) is 0. The molecule has 0 radical (unpaired) electrons. The molecule has 0 amide bonds. The lowest BCUT2D eigenvalue weighted by atomic mass is 10.0. The third kappa shape index (κ3) is 1.83. The summed E-state index contributed by atoms with van der Waals surface area (Å²) in [6.07, 6.45) is 0.358. The van der Waals surface area contributed by atoms with Crippen LogP contribution in [-0.4, -0.2) is 0 Å². The summed E-state index contributed by atoms with van der Waals surface area (Å²) in [7, 11) is 0. The Labute approximate surface area is 74.4 Å². The Morgan fingerprint density at radius 1 is 1.23 bits per heavy atom. The van der Waals surface area contributed by atoms with Gasteiger partial charge < -0.3 is 5.73 Å². The zero-order valence-corrected chi connectivity index (χ0v) is 7.15. The van der Waals surface area contributed by atoms with Crippen molar-refractivity contribution in [2.75, 3.05) is 0 Å². The van der Waals surface area contributed by atoms with Crippen LogP contribution >= 0.6 is 0 Å². The van der Waals surface area contributed by atoms with Gasteiger partial charge in [0.25, 0.3) is 0 Å². The van der Waals surface area contributed by atoms with Gasteiger partial charge in [-0.3, -0.25) is 0 Å². The zero-order chi connectivity index (χ0) is 10.0. The minimum atomic E-state index is -1.19. The smallest absolute Gasteiger partial charge is 0.166 e. The second-order valence-electron chi connectivity index (χ2n) is 2.77. The van der Waals surface area contributed by atoms with Crippen molar-refractivity contribution in [2.24, 2.45) is 5.73 Å². The molecule has 0 aliphatic carbocycles. The molecule has 1 rings (SSSR count). The van der Waals surface area contributed by atoms with Crippen LogP contribution in [0.15, 0.2) is 12.1 Å². The normalized spacial score (nSPS) is 13.0. The van der Waals surface area contributed by atoms with Gasteiger partial charge in [-0.1, -0.05) is 6.92 Å². The molecule has 2 N–H and O–H groups in total. The van der Waals surface area contributed by atoms with Crippen molar-refractivity contribution in [3.8, 4) is 0 Å². The van der Waals surface area contributed by atoms with E-state index in [1.807, 2.05) is 0 Å². The molecule has 4 heteroatoms. The van der Waals surface area contributed by atoms with E-state index in [0.717, 1.165) is 12.1 Å². The quantitative estimate of drug-likeness (QED) is 0.711. The third-order valence-electron chi connectivity index (χ3n) is 1.89. The molecule has 72 valence electrons. The van der Waals surface area contributed by atoms with E-state index < -0.39 is 23.5 Å². The van der Waals surface area contributed by atoms with Crippen molar-refractivity contribution in [1.29, 1.82) is 0 Å². The lowest BCUT2D eigenvalue weighted by molar-refractivity contribution is 0.462. The van der Waals surface area contributed by atoms with Crippen molar-refractivity contribution in [3.63, 3.8) is 0 Å². The molecule has 13 heavy (non-hydrogen) atoms. The highest BCUT2D eigenvalue weighted by Gasteiger charge is 2.18. The van der Waals surface area contributed by atoms with E-state index in [2.05, 4.69) is 0 Å². The second-order valence-corrected chi connectivity index (χ2v) is 2.77. The maximum absolute atomic E-state index is 13.0. The van der Waals surface area contributed by atoms with Crippen molar-refractivity contribution >= 4 is 0 Å². The van der Waals surface area contributed by atoms with Crippen LogP contribution in [0.2, 0.25) is 0 Å². The predicted octanol–water partition coefficient (Wildman–Crippen LogP) is 2.51. The van der Waals surface area contributed by atoms with Crippen LogP contribution in [0.4, 0.5) is 13.2 Å². The van der Waals surface area contributed by atoms with Crippen LogP contribution in [0.3, 0.4) is 0 Å². The second kappa shape index (κ2) is 3.79. The standard InChI is InChI=1S/C9H10F3N/c1-2-7(13)8-5(10)3-4-6(11)9(8)12/h3-4,7H,2,13H2,1H3/t7-/m0/s1. The number of halogens is 3. The van der Waals surface area contributed by atoms with Gasteiger partial charge in [-0.05, 0) is 18.6 Å². The topological polar surface area (TPSA) is 26.0 Å². The zero-order valence-electron chi connectivity index (χ0n) is 7.15. The Hall–Kier alpha value is -1.03. The fourth-order valence-electron chi connectivity index (χ4n) is 1.09. The van der Waals surface area contributed by atoms with Gasteiger partial charge >= 0.3 is 0 Å². The number of hydrogen-bond acceptors (Lipinski definition) is 1. The van der Waals surface area contributed by atoms with Crippen LogP contribution in [0.5, 0.6) is 0 Å². The van der Waals surface area contributed by atoms with Crippen LogP contribution < -0.4 is 5.73 Å². The van der Waals surface area contributed by atoms with Gasteiger partial charge in [0.05, 0.1) is 0 Å². The van der Waals surface area contributed by atoms with Gasteiger partial charge in [0.2, 0.25) is 0 Å². The first-order valence-corrected chi connectivity index (χ1v) is 3.96. The number of benzene rings is 1. The Morgan fingerprint density at radius 3 is 2.31 bits per heavy atom. The Bertz CT molecular complexity index is 312. The first-order valence-electron chi connectivity index (χ1n) is 3.96. The summed E-state index contributed by atoms with van der Waals surface area (Å²) in [5.74, 6) is -3.05. The third-order valence-corrected chi connectivity index (χ3v) is 1.89. The van der Waals surface area contributed by atoms with E-state index in [0.29, 0.717) is 6.42 Å². The van der Waals surface area contributed by atoms with Gasteiger partial charge in [-0.2, -0.15) is 0 Å². The summed E-state index contributed by atoms with van der Waals surface area (Å²) in [4.78, 5) is 0. The van der Waals surface area contributed by atoms with E-state index in [1.165, 1.54) is 0 Å². The highest BCUT2D eigenvalue weighted by Crippen LogP contribution is 2.22. The molecule has 1 nitrogen and oxygen atoms in total. The highest BCUT2D eigenvalue weighted by molar-refractivity contribution is 5.24. The van der Waals surface area contributed by atoms with Crippen molar-refractivity contribution in [3.05, 3.63) is 35.1 Å². The summed E-state index contributed by atoms with van der Waals surface area (Å²) in [6.45, 7) is 1.68. The molecule has 0 fully saturated rings. The van der Waals surface area contributed by atoms with E-state index in [9.17, 15) is 13.2 Å². The minimum absolute atomic E-state index is 0.358. The largest absolute Gasteiger partial charge is 0.324 e. The van der Waals surface area contributed by atoms with Gasteiger partial charge in [-0.25, -0.2) is 13.2 Å². The number of hydrogen-bond donors (Lipinski definition) is 1. The average Bonchev–Trinajstić information content (AvgIpc) is 2.12. The Kier molecular flexibility index (Phi) is 2.93. The maximum atomic E-state index is 13.0. The van der Waals surface area contributed by atoms with Gasteiger partial charge in [-0.15, -0.1) is 0 Å². The molecular weight excluding hydrogens is 179 g/mol. The summed E-state index contributed by atoms with van der Waals surface area (Å²) >= 11 is 0. The summed E-state index contributed by atoms with van der Waals surface area (Å²) < 4.78 is 38.6. The lowest BCUT2D eigenvalue weighted by Crippen LogP contribution is -2.14. The fourth-order valence-corrected chi connectivity index (χ4v) is 1.09. The number of rotatable bonds is 2. The van der Waals surface area contributed by atoms with E-state index in [-0.39, 0.29) is 5.56 Å². The molecule has 0 unspecified atom stereocenters. The monoisotopic (exact) mass is 189 g/mol. The fraction of sp³-hybridized carbons (Fsp3) is 0.333. The van der Waals surface area contributed by atoms with Gasteiger partial charge in [0.1, 0.15) is 5.82 Å². The predicted molar refractivity (Wildman–Crippen MR) is 43.5 cm³/mol. The van der Waals surface area contributed by atoms with E-state index >= 15 is 0 Å². The summed E-state index contributed by atoms with van der Waals surface area (Å²) in [6, 6.07) is 0.829. The van der Waals surface area contributed by atoms with Crippen molar-refractivity contribution in [1.82, 2.24) is 0 Å². The number of nitrogens with two attached hydrogens (primary N) is 1. The molecule has 0 saturated heterocycles. The van der Waals surface area contributed by atoms with Crippen LogP contribution in [0.25, 0.3) is 0 Å². The van der Waals surface area contributed by atoms with Crippen LogP contribution in [0.1, 0.15) is 24.9 Å². The maximum Gasteiger partial charge on any atom is 0.166 e. The molecule has 1 atom stereocenters. The first-order chi connectivity index (χ1) is 6.07. The highest BCUT2D eigenvalue weighted by atomic mass is 19.2. The van der Waals surface area contributed by atoms with Crippen molar-refractivity contribution in [2.45, 2.75) is 19.4 Å². The molecule has 0 spiro atoms. The molecule has 1 aromatic rings.